The second-order valence-electron chi connectivity index (χ2n) is 5.15. The highest BCUT2D eigenvalue weighted by molar-refractivity contribution is 7.98. The van der Waals surface area contributed by atoms with E-state index in [9.17, 15) is 4.79 Å². The number of rotatable bonds is 4. The van der Waals surface area contributed by atoms with E-state index in [0.29, 0.717) is 10.6 Å². The van der Waals surface area contributed by atoms with Gasteiger partial charge in [0.05, 0.1) is 16.8 Å². The fourth-order valence-electron chi connectivity index (χ4n) is 2.12. The Morgan fingerprint density at radius 1 is 1.09 bits per heavy atom. The first kappa shape index (κ1) is 15.8. The second kappa shape index (κ2) is 7.02. The van der Waals surface area contributed by atoms with Crippen LogP contribution in [0, 0.1) is 6.92 Å². The number of benzene rings is 2. The molecule has 0 saturated heterocycles. The molecule has 3 rings (SSSR count). The predicted octanol–water partition coefficient (Wildman–Crippen LogP) is 4.49. The van der Waals surface area contributed by atoms with Crippen LogP contribution in [0.1, 0.15) is 11.1 Å². The van der Waals surface area contributed by atoms with Gasteiger partial charge in [-0.15, -0.1) is 11.8 Å². The molecule has 0 bridgehead atoms. The summed E-state index contributed by atoms with van der Waals surface area (Å²) in [6.07, 6.45) is 1.65. The van der Waals surface area contributed by atoms with Gasteiger partial charge in [-0.05, 0) is 24.6 Å². The van der Waals surface area contributed by atoms with Crippen molar-refractivity contribution in [2.45, 2.75) is 17.6 Å². The highest BCUT2D eigenvalue weighted by Gasteiger charge is 2.11. The van der Waals surface area contributed by atoms with Crippen LogP contribution in [0.25, 0.3) is 5.69 Å². The summed E-state index contributed by atoms with van der Waals surface area (Å²) in [7, 11) is 0. The predicted molar refractivity (Wildman–Crippen MR) is 95.6 cm³/mol. The number of hydrogen-bond acceptors (Lipinski definition) is 3. The molecule has 3 nitrogen and oxygen atoms in total. The summed E-state index contributed by atoms with van der Waals surface area (Å²) in [5.74, 6) is 0.746. The van der Waals surface area contributed by atoms with Gasteiger partial charge in [-0.3, -0.25) is 4.79 Å². The van der Waals surface area contributed by atoms with Crippen LogP contribution < -0.4 is 5.56 Å². The normalized spacial score (nSPS) is 10.7. The van der Waals surface area contributed by atoms with Gasteiger partial charge >= 0.3 is 0 Å². The number of aromatic nitrogens is 2. The summed E-state index contributed by atoms with van der Waals surface area (Å²) >= 11 is 7.76. The van der Waals surface area contributed by atoms with Gasteiger partial charge in [0, 0.05) is 5.75 Å². The lowest BCUT2D eigenvalue weighted by atomic mass is 10.2. The average Bonchev–Trinajstić information content (AvgIpc) is 2.58. The lowest BCUT2D eigenvalue weighted by Gasteiger charge is -2.08. The molecule has 0 fully saturated rings. The van der Waals surface area contributed by atoms with Gasteiger partial charge in [0.15, 0.2) is 0 Å². The van der Waals surface area contributed by atoms with Crippen LogP contribution in [0.3, 0.4) is 0 Å². The molecular weight excluding hydrogens is 328 g/mol. The lowest BCUT2D eigenvalue weighted by molar-refractivity contribution is 0.791. The van der Waals surface area contributed by atoms with Crippen molar-refractivity contribution < 1.29 is 0 Å². The number of hydrogen-bond donors (Lipinski definition) is 0. The molecule has 0 aliphatic heterocycles. The molecule has 0 atom stereocenters. The smallest absolute Gasteiger partial charge is 0.266 e. The lowest BCUT2D eigenvalue weighted by Crippen LogP contribution is -2.21. The van der Waals surface area contributed by atoms with Crippen LogP contribution in [-0.4, -0.2) is 9.78 Å². The molecule has 5 heteroatoms. The number of thioether (sulfide) groups is 1. The summed E-state index contributed by atoms with van der Waals surface area (Å²) in [6.45, 7) is 2.00. The average molecular weight is 343 g/mol. The van der Waals surface area contributed by atoms with Crippen LogP contribution in [0.4, 0.5) is 0 Å². The molecule has 0 unspecified atom stereocenters. The number of aryl methyl sites for hydroxylation is 1. The third kappa shape index (κ3) is 3.66. The van der Waals surface area contributed by atoms with E-state index in [4.69, 9.17) is 11.6 Å². The fraction of sp³-hybridized carbons (Fsp3) is 0.111. The standard InChI is InChI=1S/C18H15ClN2OS/c1-13-7-9-15(10-8-13)21-18(22)17(19)16(11-20-21)23-12-14-5-3-2-4-6-14/h2-11H,12H2,1H3. The highest BCUT2D eigenvalue weighted by Crippen LogP contribution is 2.26. The molecule has 0 radical (unpaired) electrons. The maximum absolute atomic E-state index is 12.4. The van der Waals surface area contributed by atoms with Crippen LogP contribution in [0.2, 0.25) is 5.02 Å². The zero-order chi connectivity index (χ0) is 16.2. The molecule has 0 aliphatic carbocycles. The van der Waals surface area contributed by atoms with Crippen LogP contribution in [-0.2, 0) is 5.75 Å². The maximum atomic E-state index is 12.4. The van der Waals surface area contributed by atoms with Crippen molar-refractivity contribution in [3.63, 3.8) is 0 Å². The summed E-state index contributed by atoms with van der Waals surface area (Å²) in [5, 5.41) is 4.46. The third-order valence-corrected chi connectivity index (χ3v) is 4.98. The van der Waals surface area contributed by atoms with Crippen molar-refractivity contribution in [3.8, 4) is 5.69 Å². The minimum atomic E-state index is -0.298. The van der Waals surface area contributed by atoms with Gasteiger partial charge in [0.2, 0.25) is 0 Å². The van der Waals surface area contributed by atoms with Crippen molar-refractivity contribution in [1.82, 2.24) is 9.78 Å². The summed E-state index contributed by atoms with van der Waals surface area (Å²) < 4.78 is 1.33. The summed E-state index contributed by atoms with van der Waals surface area (Å²) in [6, 6.07) is 17.6. The number of halogens is 1. The molecule has 23 heavy (non-hydrogen) atoms. The van der Waals surface area contributed by atoms with Crippen molar-refractivity contribution in [2.24, 2.45) is 0 Å². The molecule has 2 aromatic carbocycles. The maximum Gasteiger partial charge on any atom is 0.291 e. The van der Waals surface area contributed by atoms with Crippen molar-refractivity contribution in [3.05, 3.63) is 87.3 Å². The molecule has 0 aliphatic rings. The molecular formula is C18H15ClN2OS. The molecule has 1 heterocycles. The molecule has 116 valence electrons. The molecule has 1 aromatic heterocycles. The Morgan fingerprint density at radius 2 is 1.78 bits per heavy atom. The third-order valence-electron chi connectivity index (χ3n) is 3.40. The van der Waals surface area contributed by atoms with Gasteiger partial charge in [-0.25, -0.2) is 0 Å². The molecule has 0 amide bonds. The van der Waals surface area contributed by atoms with Crippen LogP contribution in [0.5, 0.6) is 0 Å². The van der Waals surface area contributed by atoms with Gasteiger partial charge in [-0.2, -0.15) is 9.78 Å². The Hall–Kier alpha value is -2.04. The SMILES string of the molecule is Cc1ccc(-n2ncc(SCc3ccccc3)c(Cl)c2=O)cc1. The first-order chi connectivity index (χ1) is 11.1. The van der Waals surface area contributed by atoms with Gasteiger partial charge in [0.25, 0.3) is 5.56 Å². The van der Waals surface area contributed by atoms with Crippen molar-refractivity contribution in [2.75, 3.05) is 0 Å². The minimum absolute atomic E-state index is 0.210. The Bertz CT molecular complexity index is 860. The van der Waals surface area contributed by atoms with Crippen molar-refractivity contribution >= 4 is 23.4 Å². The monoisotopic (exact) mass is 342 g/mol. The molecule has 0 N–H and O–H groups in total. The van der Waals surface area contributed by atoms with Gasteiger partial charge in [0.1, 0.15) is 5.02 Å². The topological polar surface area (TPSA) is 34.9 Å². The van der Waals surface area contributed by atoms with E-state index in [1.165, 1.54) is 22.0 Å². The summed E-state index contributed by atoms with van der Waals surface area (Å²) in [5.41, 5.74) is 2.72. The van der Waals surface area contributed by atoms with Crippen LogP contribution >= 0.6 is 23.4 Å². The van der Waals surface area contributed by atoms with E-state index < -0.39 is 0 Å². The molecule has 3 aromatic rings. The van der Waals surface area contributed by atoms with E-state index in [-0.39, 0.29) is 10.6 Å². The van der Waals surface area contributed by atoms with E-state index in [2.05, 4.69) is 5.10 Å². The Morgan fingerprint density at radius 3 is 2.48 bits per heavy atom. The largest absolute Gasteiger partial charge is 0.291 e. The van der Waals surface area contributed by atoms with E-state index >= 15 is 0 Å². The first-order valence-electron chi connectivity index (χ1n) is 7.17. The van der Waals surface area contributed by atoms with E-state index in [1.54, 1.807) is 6.20 Å². The quantitative estimate of drug-likeness (QED) is 0.655. The fourth-order valence-corrected chi connectivity index (χ4v) is 3.27. The second-order valence-corrected chi connectivity index (χ2v) is 6.54. The number of nitrogens with zero attached hydrogens (tertiary/aromatic N) is 2. The van der Waals surface area contributed by atoms with Crippen LogP contribution in [0.15, 0.2) is 70.5 Å². The summed E-state index contributed by atoms with van der Waals surface area (Å²) in [4.78, 5) is 13.1. The van der Waals surface area contributed by atoms with Crippen molar-refractivity contribution in [1.29, 1.82) is 0 Å². The molecule has 0 spiro atoms. The highest BCUT2D eigenvalue weighted by atomic mass is 35.5. The van der Waals surface area contributed by atoms with E-state index in [1.807, 2.05) is 61.5 Å². The Balaban J connectivity index is 1.86. The van der Waals surface area contributed by atoms with Gasteiger partial charge in [-0.1, -0.05) is 59.6 Å². The minimum Gasteiger partial charge on any atom is -0.266 e. The zero-order valence-electron chi connectivity index (χ0n) is 12.6. The zero-order valence-corrected chi connectivity index (χ0v) is 14.1. The Labute approximate surface area is 143 Å². The van der Waals surface area contributed by atoms with Gasteiger partial charge < -0.3 is 0 Å². The first-order valence-corrected chi connectivity index (χ1v) is 8.53. The van der Waals surface area contributed by atoms with E-state index in [0.717, 1.165) is 11.3 Å². The molecule has 0 saturated carbocycles. The Kier molecular flexibility index (Phi) is 4.84.